The van der Waals surface area contributed by atoms with Crippen LogP contribution in [-0.2, 0) is 0 Å². The van der Waals surface area contributed by atoms with Gasteiger partial charge in [0.05, 0.1) is 0 Å². The van der Waals surface area contributed by atoms with E-state index in [0.29, 0.717) is 0 Å². The molecule has 0 saturated heterocycles. The molecule has 0 heterocycles. The van der Waals surface area contributed by atoms with Gasteiger partial charge in [-0.15, -0.1) is 0 Å². The molecule has 0 aliphatic heterocycles. The normalized spacial score (nSPS) is 12.9. The van der Waals surface area contributed by atoms with Crippen LogP contribution < -0.4 is 0 Å². The molecule has 0 N–H and O–H groups in total. The molecule has 0 amide bonds. The Morgan fingerprint density at radius 2 is 1.38 bits per heavy atom. The Kier molecular flexibility index (Phi) is 13.1. The largest absolute Gasteiger partial charge is 0.0654 e. The zero-order valence-electron chi connectivity index (χ0n) is 11.9. The molecule has 0 spiro atoms. The maximum atomic E-state index is 2.59. The molecule has 0 saturated carbocycles. The van der Waals surface area contributed by atoms with E-state index >= 15 is 0 Å². The minimum absolute atomic E-state index is 0.899. The van der Waals surface area contributed by atoms with Gasteiger partial charge in [0.1, 0.15) is 0 Å². The average Bonchev–Trinajstić information content (AvgIpc) is 2.32. The summed E-state index contributed by atoms with van der Waals surface area (Å²) in [4.78, 5) is 0. The monoisotopic (exact) mass is 225 g/mol. The topological polar surface area (TPSA) is 0 Å². The molecular weight excluding hydrogens is 192 g/mol. The Hall–Kier alpha value is 0. The van der Waals surface area contributed by atoms with Crippen molar-refractivity contribution in [1.29, 1.82) is 0 Å². The third-order valence-electron chi connectivity index (χ3n) is 3.51. The molecule has 0 heteroatoms. The fourth-order valence-corrected chi connectivity index (χ4v) is 2.23. The Morgan fingerprint density at radius 3 is 2.00 bits per heavy atom. The van der Waals surface area contributed by atoms with Crippen LogP contribution in [-0.4, -0.2) is 0 Å². The highest BCUT2D eigenvalue weighted by Crippen LogP contribution is 2.19. The van der Waals surface area contributed by atoms with Crippen LogP contribution in [0.15, 0.2) is 0 Å². The van der Waals surface area contributed by atoms with Crippen molar-refractivity contribution in [3.63, 3.8) is 0 Å². The summed E-state index contributed by atoms with van der Waals surface area (Å²) in [6.07, 6.45) is 18.0. The summed E-state index contributed by atoms with van der Waals surface area (Å²) in [6, 6.07) is 0. The first-order chi connectivity index (χ1) is 7.85. The smallest absolute Gasteiger partial charge is 0.0355 e. The molecule has 97 valence electrons. The van der Waals surface area contributed by atoms with Crippen molar-refractivity contribution in [3.8, 4) is 0 Å². The third kappa shape index (κ3) is 10.5. The molecule has 0 aromatic heterocycles. The van der Waals surface area contributed by atoms with Crippen molar-refractivity contribution in [2.24, 2.45) is 5.92 Å². The van der Waals surface area contributed by atoms with Gasteiger partial charge in [-0.2, -0.15) is 0 Å². The van der Waals surface area contributed by atoms with Gasteiger partial charge < -0.3 is 0 Å². The van der Waals surface area contributed by atoms with Gasteiger partial charge in [-0.25, -0.2) is 0 Å². The fraction of sp³-hybridized carbons (Fsp3) is 0.938. The van der Waals surface area contributed by atoms with Gasteiger partial charge >= 0.3 is 0 Å². The second-order valence-electron chi connectivity index (χ2n) is 5.10. The first-order valence-corrected chi connectivity index (χ1v) is 7.68. The van der Waals surface area contributed by atoms with E-state index in [0.717, 1.165) is 5.92 Å². The molecule has 1 atom stereocenters. The van der Waals surface area contributed by atoms with Gasteiger partial charge in [-0.1, -0.05) is 85.0 Å². The van der Waals surface area contributed by atoms with Crippen molar-refractivity contribution in [1.82, 2.24) is 0 Å². The molecule has 0 nitrogen and oxygen atoms in total. The lowest BCUT2D eigenvalue weighted by atomic mass is 9.93. The predicted octanol–water partition coefficient (Wildman–Crippen LogP) is 6.16. The minimum Gasteiger partial charge on any atom is -0.0654 e. The molecule has 1 unspecified atom stereocenters. The van der Waals surface area contributed by atoms with Gasteiger partial charge in [0, 0.05) is 0 Å². The van der Waals surface area contributed by atoms with Crippen LogP contribution in [0.3, 0.4) is 0 Å². The summed E-state index contributed by atoms with van der Waals surface area (Å²) >= 11 is 0. The van der Waals surface area contributed by atoms with Gasteiger partial charge in [-0.05, 0) is 18.8 Å². The van der Waals surface area contributed by atoms with Crippen LogP contribution in [0.25, 0.3) is 0 Å². The second-order valence-corrected chi connectivity index (χ2v) is 5.10. The molecule has 0 aliphatic rings. The Bertz CT molecular complexity index is 117. The van der Waals surface area contributed by atoms with E-state index in [1.807, 2.05) is 0 Å². The van der Waals surface area contributed by atoms with Gasteiger partial charge in [0.2, 0.25) is 0 Å². The van der Waals surface area contributed by atoms with E-state index in [1.165, 1.54) is 70.6 Å². The minimum atomic E-state index is 0.899. The molecule has 0 aliphatic carbocycles. The Balaban J connectivity index is 3.20. The fourth-order valence-electron chi connectivity index (χ4n) is 2.23. The van der Waals surface area contributed by atoms with Crippen LogP contribution >= 0.6 is 0 Å². The summed E-state index contributed by atoms with van der Waals surface area (Å²) in [5, 5.41) is 0. The Labute approximate surface area is 104 Å². The average molecular weight is 225 g/mol. The summed E-state index contributed by atoms with van der Waals surface area (Å²) in [7, 11) is 0. The summed E-state index contributed by atoms with van der Waals surface area (Å²) in [6.45, 7) is 6.91. The highest BCUT2D eigenvalue weighted by Gasteiger charge is 2.05. The lowest BCUT2D eigenvalue weighted by Crippen LogP contribution is -1.99. The zero-order chi connectivity index (χ0) is 12.1. The summed E-state index contributed by atoms with van der Waals surface area (Å²) < 4.78 is 0. The highest BCUT2D eigenvalue weighted by atomic mass is 14.1. The molecule has 1 radical (unpaired) electrons. The first-order valence-electron chi connectivity index (χ1n) is 7.68. The lowest BCUT2D eigenvalue weighted by molar-refractivity contribution is 0.483. The summed E-state index contributed by atoms with van der Waals surface area (Å²) in [5.74, 6) is 0.899. The molecule has 0 bridgehead atoms. The van der Waals surface area contributed by atoms with Crippen LogP contribution in [0.4, 0.5) is 0 Å². The highest BCUT2D eigenvalue weighted by molar-refractivity contribution is 4.75. The maximum Gasteiger partial charge on any atom is -0.0355 e. The van der Waals surface area contributed by atoms with Gasteiger partial charge in [-0.3, -0.25) is 0 Å². The van der Waals surface area contributed by atoms with E-state index < -0.39 is 0 Å². The number of hydrogen-bond donors (Lipinski definition) is 0. The quantitative estimate of drug-likeness (QED) is 0.349. The zero-order valence-corrected chi connectivity index (χ0v) is 11.9. The first kappa shape index (κ1) is 16.0. The Morgan fingerprint density at radius 1 is 0.750 bits per heavy atom. The standard InChI is InChI=1S/C16H33/c1-4-7-9-10-11-12-13-15-16(6-3)14-8-5-2/h15-16H,4-14H2,1-3H3. The number of rotatable bonds is 12. The van der Waals surface area contributed by atoms with E-state index in [2.05, 4.69) is 27.2 Å². The van der Waals surface area contributed by atoms with Gasteiger partial charge in [0.25, 0.3) is 0 Å². The molecule has 0 rings (SSSR count). The van der Waals surface area contributed by atoms with Crippen molar-refractivity contribution in [2.75, 3.05) is 0 Å². The SMILES string of the molecule is CCCCCCCC[CH]C(CC)CCCC. The molecule has 0 aromatic carbocycles. The van der Waals surface area contributed by atoms with E-state index in [9.17, 15) is 0 Å². The predicted molar refractivity (Wildman–Crippen MR) is 75.6 cm³/mol. The molecule has 0 aromatic rings. The second kappa shape index (κ2) is 13.1. The number of unbranched alkanes of at least 4 members (excludes halogenated alkanes) is 7. The summed E-state index contributed by atoms with van der Waals surface area (Å²) in [5.41, 5.74) is 0. The van der Waals surface area contributed by atoms with Crippen LogP contribution in [0, 0.1) is 12.3 Å². The third-order valence-corrected chi connectivity index (χ3v) is 3.51. The van der Waals surface area contributed by atoms with Crippen molar-refractivity contribution in [2.45, 2.75) is 91.4 Å². The van der Waals surface area contributed by atoms with Crippen LogP contribution in [0.5, 0.6) is 0 Å². The molecular formula is C16H33. The van der Waals surface area contributed by atoms with Crippen LogP contribution in [0.1, 0.15) is 91.4 Å². The van der Waals surface area contributed by atoms with Crippen molar-refractivity contribution < 1.29 is 0 Å². The van der Waals surface area contributed by atoms with Crippen molar-refractivity contribution in [3.05, 3.63) is 6.42 Å². The van der Waals surface area contributed by atoms with Gasteiger partial charge in [0.15, 0.2) is 0 Å². The lowest BCUT2D eigenvalue weighted by Gasteiger charge is -2.13. The van der Waals surface area contributed by atoms with Crippen LogP contribution in [0.2, 0.25) is 0 Å². The van der Waals surface area contributed by atoms with Crippen molar-refractivity contribution >= 4 is 0 Å². The maximum absolute atomic E-state index is 2.59. The van der Waals surface area contributed by atoms with E-state index in [-0.39, 0.29) is 0 Å². The van der Waals surface area contributed by atoms with E-state index in [4.69, 9.17) is 0 Å². The number of hydrogen-bond acceptors (Lipinski definition) is 0. The molecule has 0 fully saturated rings. The molecule has 16 heavy (non-hydrogen) atoms. The van der Waals surface area contributed by atoms with E-state index in [1.54, 1.807) is 0 Å².